The third kappa shape index (κ3) is 5.79. The van der Waals surface area contributed by atoms with Crippen LogP contribution in [0.2, 0.25) is 0 Å². The van der Waals surface area contributed by atoms with Crippen LogP contribution in [-0.4, -0.2) is 59.0 Å². The number of hydrogen-bond donors (Lipinski definition) is 3. The highest BCUT2D eigenvalue weighted by molar-refractivity contribution is 5.79. The molecule has 6 heteroatoms. The Kier molecular flexibility index (Phi) is 7.25. The zero-order valence-electron chi connectivity index (χ0n) is 16.9. The van der Waals surface area contributed by atoms with Crippen LogP contribution in [0.25, 0.3) is 0 Å². The minimum atomic E-state index is -1.24. The number of amides is 1. The fourth-order valence-electron chi connectivity index (χ4n) is 3.57. The highest BCUT2D eigenvalue weighted by Crippen LogP contribution is 2.23. The van der Waals surface area contributed by atoms with Crippen LogP contribution in [0, 0.1) is 0 Å². The quantitative estimate of drug-likeness (QED) is 0.631. The normalized spacial score (nSPS) is 21.8. The van der Waals surface area contributed by atoms with Crippen molar-refractivity contribution in [3.8, 4) is 5.75 Å². The first kappa shape index (κ1) is 21.3. The molecule has 0 aliphatic carbocycles. The molecule has 6 nitrogen and oxygen atoms in total. The lowest BCUT2D eigenvalue weighted by Crippen LogP contribution is -2.60. The number of likely N-dealkylation sites (tertiary alicyclic amines) is 1. The Morgan fingerprint density at radius 2 is 1.90 bits per heavy atom. The summed E-state index contributed by atoms with van der Waals surface area (Å²) in [5.41, 5.74) is 0.779. The molecule has 0 saturated carbocycles. The maximum Gasteiger partial charge on any atom is 0.227 e. The Morgan fingerprint density at radius 1 is 1.17 bits per heavy atom. The van der Waals surface area contributed by atoms with Crippen molar-refractivity contribution in [1.82, 2.24) is 10.2 Å². The summed E-state index contributed by atoms with van der Waals surface area (Å²) < 4.78 is 5.43. The highest BCUT2D eigenvalue weighted by atomic mass is 16.5. The molecule has 0 unspecified atom stereocenters. The molecule has 1 heterocycles. The molecule has 2 aromatic rings. The van der Waals surface area contributed by atoms with E-state index in [1.807, 2.05) is 61.5 Å². The number of hydrogen-bond acceptors (Lipinski definition) is 5. The van der Waals surface area contributed by atoms with Gasteiger partial charge < -0.3 is 25.2 Å². The molecule has 3 rings (SSSR count). The molecule has 1 saturated heterocycles. The molecule has 3 N–H and O–H groups in total. The largest absolute Gasteiger partial charge is 0.494 e. The van der Waals surface area contributed by atoms with Crippen LogP contribution in [0.15, 0.2) is 54.6 Å². The Hall–Kier alpha value is -2.41. The van der Waals surface area contributed by atoms with Gasteiger partial charge in [0, 0.05) is 26.2 Å². The Labute approximate surface area is 172 Å². The number of nitrogens with zero attached hydrogens (tertiary/aromatic N) is 1. The second kappa shape index (κ2) is 9.87. The molecule has 1 aliphatic rings. The summed E-state index contributed by atoms with van der Waals surface area (Å²) in [5.74, 6) is 0.803. The SMILES string of the molecule is CCOc1ccc(CNC[C@@]2(O)CCN(C(=O)Cc3ccccc3)C[C@@H]2O)cc1. The molecule has 1 fully saturated rings. The van der Waals surface area contributed by atoms with Crippen molar-refractivity contribution in [2.75, 3.05) is 26.2 Å². The molecule has 2 atom stereocenters. The number of carbonyl (C=O) groups is 1. The van der Waals surface area contributed by atoms with Crippen molar-refractivity contribution in [3.63, 3.8) is 0 Å². The summed E-state index contributed by atoms with van der Waals surface area (Å²) in [7, 11) is 0. The molecule has 2 aromatic carbocycles. The van der Waals surface area contributed by atoms with Crippen LogP contribution in [-0.2, 0) is 17.8 Å². The van der Waals surface area contributed by atoms with Crippen LogP contribution in [0.5, 0.6) is 5.75 Å². The topological polar surface area (TPSA) is 82.0 Å². The molecule has 0 spiro atoms. The van der Waals surface area contributed by atoms with Gasteiger partial charge >= 0.3 is 0 Å². The molecule has 0 bridgehead atoms. The van der Waals surface area contributed by atoms with Gasteiger partial charge in [-0.3, -0.25) is 4.79 Å². The lowest BCUT2D eigenvalue weighted by atomic mass is 9.88. The first-order valence-electron chi connectivity index (χ1n) is 10.1. The molecule has 0 aromatic heterocycles. The summed E-state index contributed by atoms with van der Waals surface area (Å²) in [4.78, 5) is 14.1. The van der Waals surface area contributed by atoms with Crippen molar-refractivity contribution in [3.05, 3.63) is 65.7 Å². The van der Waals surface area contributed by atoms with Gasteiger partial charge in [-0.15, -0.1) is 0 Å². The fourth-order valence-corrected chi connectivity index (χ4v) is 3.57. The number of aliphatic hydroxyl groups excluding tert-OH is 1. The van der Waals surface area contributed by atoms with E-state index >= 15 is 0 Å². The number of ether oxygens (including phenoxy) is 1. The smallest absolute Gasteiger partial charge is 0.227 e. The fraction of sp³-hybridized carbons (Fsp3) is 0.435. The van der Waals surface area contributed by atoms with Gasteiger partial charge in [-0.25, -0.2) is 0 Å². The Bertz CT molecular complexity index is 781. The summed E-state index contributed by atoms with van der Waals surface area (Å²) in [6.07, 6.45) is -0.337. The van der Waals surface area contributed by atoms with E-state index in [1.54, 1.807) is 4.90 Å². The maximum absolute atomic E-state index is 12.5. The zero-order valence-corrected chi connectivity index (χ0v) is 16.9. The molecule has 29 heavy (non-hydrogen) atoms. The van der Waals surface area contributed by atoms with Crippen molar-refractivity contribution in [2.45, 2.75) is 38.0 Å². The lowest BCUT2D eigenvalue weighted by molar-refractivity contribution is -0.148. The first-order chi connectivity index (χ1) is 14.0. The molecular formula is C23H30N2O4. The van der Waals surface area contributed by atoms with Gasteiger partial charge in [-0.2, -0.15) is 0 Å². The van der Waals surface area contributed by atoms with Gasteiger partial charge in [0.15, 0.2) is 0 Å². The maximum atomic E-state index is 12.5. The highest BCUT2D eigenvalue weighted by Gasteiger charge is 2.41. The third-order valence-corrected chi connectivity index (χ3v) is 5.37. The van der Waals surface area contributed by atoms with Crippen molar-refractivity contribution in [1.29, 1.82) is 0 Å². The van der Waals surface area contributed by atoms with Gasteiger partial charge in [0.2, 0.25) is 5.91 Å². The van der Waals surface area contributed by atoms with Gasteiger partial charge in [-0.1, -0.05) is 42.5 Å². The summed E-state index contributed by atoms with van der Waals surface area (Å²) >= 11 is 0. The van der Waals surface area contributed by atoms with E-state index in [-0.39, 0.29) is 19.0 Å². The number of β-amino-alcohol motifs (C(OH)–C–C–N with tert-alkyl or cyclic N) is 1. The third-order valence-electron chi connectivity index (χ3n) is 5.37. The number of piperidine rings is 1. The van der Waals surface area contributed by atoms with Crippen LogP contribution in [0.4, 0.5) is 0 Å². The number of carbonyl (C=O) groups excluding carboxylic acids is 1. The molecule has 1 aliphatic heterocycles. The minimum absolute atomic E-state index is 0.0281. The van der Waals surface area contributed by atoms with Crippen molar-refractivity contribution < 1.29 is 19.7 Å². The van der Waals surface area contributed by atoms with E-state index in [4.69, 9.17) is 4.74 Å². The van der Waals surface area contributed by atoms with E-state index in [0.29, 0.717) is 32.5 Å². The predicted molar refractivity (Wildman–Crippen MR) is 112 cm³/mol. The average Bonchev–Trinajstić information content (AvgIpc) is 2.72. The van der Waals surface area contributed by atoms with E-state index in [9.17, 15) is 15.0 Å². The number of nitrogens with one attached hydrogen (secondary N) is 1. The van der Waals surface area contributed by atoms with Crippen LogP contribution in [0.1, 0.15) is 24.5 Å². The van der Waals surface area contributed by atoms with Crippen LogP contribution in [0.3, 0.4) is 0 Å². The summed E-state index contributed by atoms with van der Waals surface area (Å²) in [6, 6.07) is 17.3. The predicted octanol–water partition coefficient (Wildman–Crippen LogP) is 1.74. The number of benzene rings is 2. The van der Waals surface area contributed by atoms with Crippen molar-refractivity contribution in [2.24, 2.45) is 0 Å². The zero-order chi connectivity index (χ0) is 20.7. The average molecular weight is 399 g/mol. The minimum Gasteiger partial charge on any atom is -0.494 e. The van der Waals surface area contributed by atoms with Gasteiger partial charge in [0.1, 0.15) is 17.5 Å². The molecule has 0 radical (unpaired) electrons. The van der Waals surface area contributed by atoms with E-state index in [2.05, 4.69) is 5.32 Å². The lowest BCUT2D eigenvalue weighted by Gasteiger charge is -2.42. The summed E-state index contributed by atoms with van der Waals surface area (Å²) in [6.45, 7) is 4.01. The van der Waals surface area contributed by atoms with Crippen LogP contribution < -0.4 is 10.1 Å². The Balaban J connectivity index is 1.47. The number of aliphatic hydroxyl groups is 2. The van der Waals surface area contributed by atoms with E-state index in [1.165, 1.54) is 0 Å². The molecular weight excluding hydrogens is 368 g/mol. The number of rotatable bonds is 8. The van der Waals surface area contributed by atoms with Gasteiger partial charge in [-0.05, 0) is 36.6 Å². The first-order valence-corrected chi connectivity index (χ1v) is 10.1. The Morgan fingerprint density at radius 3 is 2.55 bits per heavy atom. The van der Waals surface area contributed by atoms with Crippen molar-refractivity contribution >= 4 is 5.91 Å². The molecule has 1 amide bonds. The van der Waals surface area contributed by atoms with Crippen LogP contribution >= 0.6 is 0 Å². The monoisotopic (exact) mass is 398 g/mol. The second-order valence-corrected chi connectivity index (χ2v) is 7.55. The van der Waals surface area contributed by atoms with Gasteiger partial charge in [0.05, 0.1) is 13.0 Å². The molecule has 156 valence electrons. The van der Waals surface area contributed by atoms with E-state index in [0.717, 1.165) is 16.9 Å². The standard InChI is InChI=1S/C23H30N2O4/c1-2-29-20-10-8-19(9-11-20)15-24-17-23(28)12-13-25(16-21(23)26)22(27)14-18-6-4-3-5-7-18/h3-11,21,24,26,28H,2,12-17H2,1H3/t21-,23-/m0/s1. The van der Waals surface area contributed by atoms with E-state index < -0.39 is 11.7 Å². The second-order valence-electron chi connectivity index (χ2n) is 7.55. The summed E-state index contributed by atoms with van der Waals surface area (Å²) in [5, 5.41) is 24.6. The van der Waals surface area contributed by atoms with Gasteiger partial charge in [0.25, 0.3) is 0 Å².